The van der Waals surface area contributed by atoms with Crippen LogP contribution in [0, 0.1) is 5.92 Å². The van der Waals surface area contributed by atoms with Crippen LogP contribution in [-0.4, -0.2) is 22.2 Å². The van der Waals surface area contributed by atoms with Crippen molar-refractivity contribution in [2.45, 2.75) is 26.8 Å². The Balaban J connectivity index is 2.81. The number of carbonyl (C=O) groups excluding carboxylic acids is 1. The highest BCUT2D eigenvalue weighted by molar-refractivity contribution is 9.10. The van der Waals surface area contributed by atoms with Gasteiger partial charge in [0.25, 0.3) is 5.56 Å². The number of hydrogen-bond acceptors (Lipinski definition) is 4. The Morgan fingerprint density at radius 1 is 1.61 bits per heavy atom. The minimum absolute atomic E-state index is 0.187. The van der Waals surface area contributed by atoms with Crippen molar-refractivity contribution < 1.29 is 4.79 Å². The molecule has 3 N–H and O–H groups in total. The lowest BCUT2D eigenvalue weighted by atomic mass is 10.2. The largest absolute Gasteiger partial charge is 0.382 e. The predicted molar refractivity (Wildman–Crippen MR) is 73.3 cm³/mol. The number of rotatable bonds is 6. The van der Waals surface area contributed by atoms with E-state index in [-0.39, 0.29) is 17.9 Å². The molecule has 18 heavy (non-hydrogen) atoms. The lowest BCUT2D eigenvalue weighted by Gasteiger charge is -2.11. The zero-order valence-electron chi connectivity index (χ0n) is 10.4. The summed E-state index contributed by atoms with van der Waals surface area (Å²) in [5.74, 6) is -0.0458. The Kier molecular flexibility index (Phi) is 5.33. The van der Waals surface area contributed by atoms with E-state index < -0.39 is 0 Å². The van der Waals surface area contributed by atoms with Gasteiger partial charge >= 0.3 is 0 Å². The SMILES string of the molecule is CC(C)Cn1ncc(NCCC(N)=O)c(Br)c1=O. The lowest BCUT2D eigenvalue weighted by Crippen LogP contribution is -2.26. The van der Waals surface area contributed by atoms with E-state index in [1.165, 1.54) is 4.68 Å². The molecule has 0 aliphatic rings. The summed E-state index contributed by atoms with van der Waals surface area (Å²) in [6.45, 7) is 4.98. The van der Waals surface area contributed by atoms with Crippen molar-refractivity contribution in [1.29, 1.82) is 0 Å². The molecule has 0 saturated heterocycles. The molecule has 0 aromatic carbocycles. The van der Waals surface area contributed by atoms with Crippen LogP contribution in [0.5, 0.6) is 0 Å². The summed E-state index contributed by atoms with van der Waals surface area (Å²) in [6.07, 6.45) is 1.77. The smallest absolute Gasteiger partial charge is 0.283 e. The van der Waals surface area contributed by atoms with Gasteiger partial charge in [-0.15, -0.1) is 0 Å². The van der Waals surface area contributed by atoms with E-state index >= 15 is 0 Å². The lowest BCUT2D eigenvalue weighted by molar-refractivity contribution is -0.117. The van der Waals surface area contributed by atoms with Crippen LogP contribution in [0.3, 0.4) is 0 Å². The van der Waals surface area contributed by atoms with E-state index in [0.29, 0.717) is 29.2 Å². The third-order valence-electron chi connectivity index (χ3n) is 2.21. The molecule has 1 aromatic rings. The number of nitrogens with one attached hydrogen (secondary N) is 1. The topological polar surface area (TPSA) is 90.0 Å². The van der Waals surface area contributed by atoms with Crippen LogP contribution in [0.4, 0.5) is 5.69 Å². The highest BCUT2D eigenvalue weighted by Gasteiger charge is 2.09. The second-order valence-corrected chi connectivity index (χ2v) is 5.19. The van der Waals surface area contributed by atoms with Crippen LogP contribution in [-0.2, 0) is 11.3 Å². The van der Waals surface area contributed by atoms with Crippen LogP contribution in [0.1, 0.15) is 20.3 Å². The van der Waals surface area contributed by atoms with E-state index in [0.717, 1.165) is 0 Å². The van der Waals surface area contributed by atoms with Gasteiger partial charge in [-0.3, -0.25) is 9.59 Å². The van der Waals surface area contributed by atoms with Crippen LogP contribution >= 0.6 is 15.9 Å². The summed E-state index contributed by atoms with van der Waals surface area (Å²) in [7, 11) is 0. The molecule has 1 amide bonds. The highest BCUT2D eigenvalue weighted by atomic mass is 79.9. The van der Waals surface area contributed by atoms with E-state index in [2.05, 4.69) is 26.3 Å². The fraction of sp³-hybridized carbons (Fsp3) is 0.545. The Morgan fingerprint density at radius 2 is 2.28 bits per heavy atom. The zero-order chi connectivity index (χ0) is 13.7. The van der Waals surface area contributed by atoms with Gasteiger partial charge in [0.15, 0.2) is 0 Å². The minimum atomic E-state index is -0.389. The van der Waals surface area contributed by atoms with Crippen molar-refractivity contribution >= 4 is 27.5 Å². The first-order chi connectivity index (χ1) is 8.41. The molecular formula is C11H17BrN4O2. The van der Waals surface area contributed by atoms with Gasteiger partial charge < -0.3 is 11.1 Å². The Hall–Kier alpha value is -1.37. The molecule has 1 rings (SSSR count). The van der Waals surface area contributed by atoms with Crippen LogP contribution in [0.25, 0.3) is 0 Å². The number of aromatic nitrogens is 2. The van der Waals surface area contributed by atoms with Crippen LogP contribution in [0.2, 0.25) is 0 Å². The zero-order valence-corrected chi connectivity index (χ0v) is 12.0. The molecule has 100 valence electrons. The normalized spacial score (nSPS) is 10.7. The van der Waals surface area contributed by atoms with Crippen molar-refractivity contribution in [2.24, 2.45) is 11.7 Å². The first kappa shape index (κ1) is 14.7. The van der Waals surface area contributed by atoms with Gasteiger partial charge in [0.05, 0.1) is 11.9 Å². The summed E-state index contributed by atoms with van der Waals surface area (Å²) >= 11 is 3.24. The molecule has 0 spiro atoms. The predicted octanol–water partition coefficient (Wildman–Crippen LogP) is 0.949. The molecule has 1 heterocycles. The van der Waals surface area contributed by atoms with Crippen LogP contribution in [0.15, 0.2) is 15.5 Å². The number of nitrogens with zero attached hydrogens (tertiary/aromatic N) is 2. The highest BCUT2D eigenvalue weighted by Crippen LogP contribution is 2.16. The Morgan fingerprint density at radius 3 is 2.83 bits per heavy atom. The third kappa shape index (κ3) is 4.14. The summed E-state index contributed by atoms with van der Waals surface area (Å²) in [4.78, 5) is 22.5. The van der Waals surface area contributed by atoms with E-state index in [1.807, 2.05) is 13.8 Å². The van der Waals surface area contributed by atoms with E-state index in [4.69, 9.17) is 5.73 Å². The minimum Gasteiger partial charge on any atom is -0.382 e. The maximum absolute atomic E-state index is 11.9. The van der Waals surface area contributed by atoms with Crippen molar-refractivity contribution in [2.75, 3.05) is 11.9 Å². The van der Waals surface area contributed by atoms with Gasteiger partial charge in [-0.25, -0.2) is 4.68 Å². The first-order valence-corrected chi connectivity index (χ1v) is 6.49. The van der Waals surface area contributed by atoms with Gasteiger partial charge in [-0.1, -0.05) is 13.8 Å². The van der Waals surface area contributed by atoms with Crippen molar-refractivity contribution in [3.8, 4) is 0 Å². The number of halogens is 1. The molecule has 0 fully saturated rings. The molecule has 0 saturated carbocycles. The van der Waals surface area contributed by atoms with Gasteiger partial charge in [0.2, 0.25) is 5.91 Å². The maximum atomic E-state index is 11.9. The molecule has 0 aliphatic heterocycles. The average Bonchev–Trinajstić information content (AvgIpc) is 2.27. The number of anilines is 1. The van der Waals surface area contributed by atoms with Crippen LogP contribution < -0.4 is 16.6 Å². The standard InChI is InChI=1S/C11H17BrN4O2/c1-7(2)6-16-11(18)10(12)8(5-15-16)14-4-3-9(13)17/h5,7,14H,3-4,6H2,1-2H3,(H2,13,17). The summed E-state index contributed by atoms with van der Waals surface area (Å²) in [5, 5.41) is 7.01. The molecule has 0 radical (unpaired) electrons. The molecule has 0 aliphatic carbocycles. The van der Waals surface area contributed by atoms with Crippen molar-refractivity contribution in [1.82, 2.24) is 9.78 Å². The average molecular weight is 317 g/mol. The molecule has 7 heteroatoms. The van der Waals surface area contributed by atoms with Gasteiger partial charge in [0, 0.05) is 19.5 Å². The fourth-order valence-corrected chi connectivity index (χ4v) is 1.83. The van der Waals surface area contributed by atoms with Crippen molar-refractivity contribution in [3.05, 3.63) is 21.0 Å². The Labute approximate surface area is 114 Å². The second-order valence-electron chi connectivity index (χ2n) is 4.40. The molecule has 0 bridgehead atoms. The maximum Gasteiger partial charge on any atom is 0.283 e. The quantitative estimate of drug-likeness (QED) is 0.817. The molecule has 0 atom stereocenters. The third-order valence-corrected chi connectivity index (χ3v) is 2.98. The fourth-order valence-electron chi connectivity index (χ4n) is 1.38. The van der Waals surface area contributed by atoms with E-state index in [1.54, 1.807) is 6.20 Å². The monoisotopic (exact) mass is 316 g/mol. The Bertz CT molecular complexity index is 484. The van der Waals surface area contributed by atoms with Gasteiger partial charge in [-0.2, -0.15) is 5.10 Å². The number of carbonyl (C=O) groups is 1. The second kappa shape index (κ2) is 6.53. The number of hydrogen-bond donors (Lipinski definition) is 2. The summed E-state index contributed by atoms with van der Waals surface area (Å²) in [5.41, 5.74) is 5.41. The molecule has 1 aromatic heterocycles. The molecule has 0 unspecified atom stereocenters. The summed E-state index contributed by atoms with van der Waals surface area (Å²) in [6, 6.07) is 0. The summed E-state index contributed by atoms with van der Waals surface area (Å²) < 4.78 is 1.83. The molecular weight excluding hydrogens is 300 g/mol. The number of primary amides is 1. The van der Waals surface area contributed by atoms with Crippen molar-refractivity contribution in [3.63, 3.8) is 0 Å². The van der Waals surface area contributed by atoms with E-state index in [9.17, 15) is 9.59 Å². The number of amides is 1. The van der Waals surface area contributed by atoms with Gasteiger partial charge in [-0.05, 0) is 21.8 Å². The molecule has 6 nitrogen and oxygen atoms in total. The van der Waals surface area contributed by atoms with Gasteiger partial charge in [0.1, 0.15) is 4.47 Å². The first-order valence-electron chi connectivity index (χ1n) is 5.69. The number of nitrogens with two attached hydrogens (primary N) is 1.